The van der Waals surface area contributed by atoms with E-state index in [2.05, 4.69) is 19.9 Å². The minimum atomic E-state index is -0.601. The zero-order valence-electron chi connectivity index (χ0n) is 40.8. The fourth-order valence-corrected chi connectivity index (χ4v) is 10.3. The van der Waals surface area contributed by atoms with E-state index in [0.717, 1.165) is 51.4 Å². The largest absolute Gasteiger partial charge is 0.494 e. The van der Waals surface area contributed by atoms with E-state index in [9.17, 15) is 27.2 Å². The van der Waals surface area contributed by atoms with Gasteiger partial charge in [-0.3, -0.25) is 18.7 Å². The number of ether oxygens (including phenoxy) is 2. The summed E-state index contributed by atoms with van der Waals surface area (Å²) < 4.78 is 75.0. The molecule has 6 aromatic heterocycles. The first-order chi connectivity index (χ1) is 36.3. The molecule has 18 nitrogen and oxygen atoms in total. The number of rotatable bonds is 10. The number of anilines is 2. The average Bonchev–Trinajstić information content (AvgIpc) is 3.98. The molecule has 0 amide bonds. The zero-order chi connectivity index (χ0) is 52.2. The number of halogens is 4. The van der Waals surface area contributed by atoms with Crippen molar-refractivity contribution < 1.29 is 27.0 Å². The maximum atomic E-state index is 14.7. The van der Waals surface area contributed by atoms with Gasteiger partial charge in [0.25, 0.3) is 11.1 Å². The number of methoxy groups -OCH3 is 2. The average molecular weight is 1020 g/mol. The van der Waals surface area contributed by atoms with E-state index in [1.54, 1.807) is 42.8 Å². The summed E-state index contributed by atoms with van der Waals surface area (Å²) in [4.78, 5) is 53.7. The fraction of sp³-hybridized carbons (Fsp3) is 0.283. The van der Waals surface area contributed by atoms with Crippen molar-refractivity contribution in [2.45, 2.75) is 83.0 Å². The molecule has 6 heterocycles. The summed E-state index contributed by atoms with van der Waals surface area (Å²) >= 11 is 0. The second-order valence-corrected chi connectivity index (χ2v) is 18.6. The molecule has 75 heavy (non-hydrogen) atoms. The first-order valence-electron chi connectivity index (χ1n) is 24.4. The van der Waals surface area contributed by atoms with Gasteiger partial charge in [0.1, 0.15) is 82.3 Å². The Hall–Kier alpha value is -8.82. The second-order valence-electron chi connectivity index (χ2n) is 18.6. The molecule has 2 saturated carbocycles. The van der Waals surface area contributed by atoms with Gasteiger partial charge in [0.05, 0.1) is 36.0 Å². The van der Waals surface area contributed by atoms with Crippen molar-refractivity contribution in [1.29, 1.82) is 0 Å². The molecular formula is C53H48F4N14O4. The number of hydrogen-bond donors (Lipinski definition) is 2. The highest BCUT2D eigenvalue weighted by Gasteiger charge is 2.31. The van der Waals surface area contributed by atoms with Crippen molar-refractivity contribution in [3.63, 3.8) is 0 Å². The van der Waals surface area contributed by atoms with Crippen molar-refractivity contribution in [2.24, 2.45) is 0 Å². The molecule has 10 aromatic rings. The van der Waals surface area contributed by atoms with Crippen molar-refractivity contribution in [2.75, 3.05) is 25.7 Å². The summed E-state index contributed by atoms with van der Waals surface area (Å²) in [5.41, 5.74) is 14.7. The van der Waals surface area contributed by atoms with Gasteiger partial charge in [0.2, 0.25) is 0 Å². The summed E-state index contributed by atoms with van der Waals surface area (Å²) in [6.07, 6.45) is 9.88. The molecule has 4 aromatic carbocycles. The van der Waals surface area contributed by atoms with E-state index in [0.29, 0.717) is 56.2 Å². The topological polar surface area (TPSA) is 227 Å². The third kappa shape index (κ3) is 8.48. The van der Waals surface area contributed by atoms with Gasteiger partial charge in [-0.25, -0.2) is 56.8 Å². The number of hydrogen-bond acceptors (Lipinski definition) is 14. The summed E-state index contributed by atoms with van der Waals surface area (Å²) in [6.45, 7) is 1.91. The highest BCUT2D eigenvalue weighted by molar-refractivity contribution is 5.99. The molecule has 0 aliphatic heterocycles. The van der Waals surface area contributed by atoms with E-state index >= 15 is 0 Å². The van der Waals surface area contributed by atoms with Crippen LogP contribution in [0.1, 0.15) is 88.1 Å². The Labute approximate surface area is 423 Å². The van der Waals surface area contributed by atoms with E-state index in [1.165, 1.54) is 75.4 Å². The van der Waals surface area contributed by atoms with Gasteiger partial charge in [-0.15, -0.1) is 0 Å². The highest BCUT2D eigenvalue weighted by atomic mass is 19.1. The molecule has 1 atom stereocenters. The number of benzene rings is 4. The molecule has 0 spiro atoms. The smallest absolute Gasteiger partial charge is 0.264 e. The summed E-state index contributed by atoms with van der Waals surface area (Å²) in [7, 11) is 2.78. The van der Waals surface area contributed by atoms with Crippen LogP contribution in [0.5, 0.6) is 11.5 Å². The Morgan fingerprint density at radius 1 is 0.600 bits per heavy atom. The van der Waals surface area contributed by atoms with Crippen LogP contribution in [0.25, 0.3) is 66.4 Å². The van der Waals surface area contributed by atoms with Crippen LogP contribution in [-0.2, 0) is 6.54 Å². The van der Waals surface area contributed by atoms with Crippen molar-refractivity contribution in [3.8, 4) is 34.0 Å². The second kappa shape index (κ2) is 19.6. The van der Waals surface area contributed by atoms with E-state index in [1.807, 2.05) is 6.92 Å². The predicted molar refractivity (Wildman–Crippen MR) is 273 cm³/mol. The van der Waals surface area contributed by atoms with Crippen LogP contribution in [0, 0.1) is 23.3 Å². The van der Waals surface area contributed by atoms with Crippen LogP contribution in [0.3, 0.4) is 0 Å². The Kier molecular flexibility index (Phi) is 12.6. The summed E-state index contributed by atoms with van der Waals surface area (Å²) in [6, 6.07) is 17.1. The van der Waals surface area contributed by atoms with E-state index in [4.69, 9.17) is 41.1 Å². The number of nitrogens with zero attached hydrogens (tertiary/aromatic N) is 12. The third-order valence-corrected chi connectivity index (χ3v) is 14.2. The molecule has 22 heteroatoms. The quantitative estimate of drug-likeness (QED) is 0.122. The Morgan fingerprint density at radius 2 is 1.12 bits per heavy atom. The molecule has 382 valence electrons. The monoisotopic (exact) mass is 1020 g/mol. The predicted octanol–water partition coefficient (Wildman–Crippen LogP) is 9.03. The van der Waals surface area contributed by atoms with Crippen LogP contribution in [0.2, 0.25) is 0 Å². The molecule has 4 N–H and O–H groups in total. The van der Waals surface area contributed by atoms with Crippen LogP contribution >= 0.6 is 0 Å². The molecule has 2 aliphatic rings. The Morgan fingerprint density at radius 3 is 1.68 bits per heavy atom. The standard InChI is InChI=1S/C27H25F2N7O2.C26H23F2N7O2/c1-38-20-11-10-15(12-18(20)29)24-23-25(30)31-14-32-26(23)35(34-24)13-21-33-19-9-5-8-17(28)22(19)27(37)36(21)16-6-3-2-4-7-16;1-13(24-32-18-8-4-7-16(27)20(18)26(36)34(24)15-5-3-6-15)35-25-21(23(29)30-12-31-25)22(33-35)14-9-10-19(37-2)17(28)11-14/h5,8-12,14,16H,2-4,6-7,13H2,1H3,(H2,30,31,32);4,7-13,15H,3,5-6H2,1-2H3,(H2,29,30,31). The SMILES string of the molecule is COc1ccc(-c2nn(C(C)c3nc4cccc(F)c4c(=O)n3C3CCC3)c3ncnc(N)c23)cc1F.COc1ccc(-c2nn(Cc3nc4cccc(F)c4c(=O)n3C3CCCCC3)c3ncnc(N)c23)cc1F. The fourth-order valence-electron chi connectivity index (χ4n) is 10.3. The molecule has 0 bridgehead atoms. The first-order valence-corrected chi connectivity index (χ1v) is 24.4. The number of nitrogens with two attached hydrogens (primary N) is 2. The van der Waals surface area contributed by atoms with Gasteiger partial charge in [0.15, 0.2) is 34.4 Å². The molecule has 2 fully saturated rings. The zero-order valence-corrected chi connectivity index (χ0v) is 40.8. The van der Waals surface area contributed by atoms with Gasteiger partial charge >= 0.3 is 0 Å². The minimum Gasteiger partial charge on any atom is -0.494 e. The minimum absolute atomic E-state index is 0.0203. The van der Waals surface area contributed by atoms with Crippen molar-refractivity contribution >= 4 is 55.5 Å². The lowest BCUT2D eigenvalue weighted by molar-refractivity contribution is 0.288. The molecule has 12 rings (SSSR count). The van der Waals surface area contributed by atoms with Gasteiger partial charge in [-0.1, -0.05) is 31.4 Å². The maximum absolute atomic E-state index is 14.7. The Bertz CT molecular complexity index is 4000. The van der Waals surface area contributed by atoms with E-state index < -0.39 is 40.4 Å². The summed E-state index contributed by atoms with van der Waals surface area (Å²) in [5.74, 6) is -0.856. The van der Waals surface area contributed by atoms with Gasteiger partial charge in [0, 0.05) is 23.2 Å². The van der Waals surface area contributed by atoms with Gasteiger partial charge < -0.3 is 20.9 Å². The molecule has 2 aliphatic carbocycles. The maximum Gasteiger partial charge on any atom is 0.264 e. The van der Waals surface area contributed by atoms with Crippen molar-refractivity contribution in [3.05, 3.63) is 141 Å². The van der Waals surface area contributed by atoms with Crippen LogP contribution < -0.4 is 32.1 Å². The van der Waals surface area contributed by atoms with E-state index in [-0.39, 0.29) is 63.6 Å². The lowest BCUT2D eigenvalue weighted by Gasteiger charge is -2.31. The highest BCUT2D eigenvalue weighted by Crippen LogP contribution is 2.38. The Balaban J connectivity index is 0.000000161. The lowest BCUT2D eigenvalue weighted by atomic mass is 9.92. The molecular weight excluding hydrogens is 973 g/mol. The molecule has 0 radical (unpaired) electrons. The van der Waals surface area contributed by atoms with Crippen LogP contribution in [0.4, 0.5) is 29.2 Å². The molecule has 1 unspecified atom stereocenters. The van der Waals surface area contributed by atoms with Gasteiger partial charge in [-0.05, 0) is 99.7 Å². The van der Waals surface area contributed by atoms with Gasteiger partial charge in [-0.2, -0.15) is 10.2 Å². The first kappa shape index (κ1) is 48.4. The van der Waals surface area contributed by atoms with Crippen LogP contribution in [0.15, 0.2) is 95.0 Å². The summed E-state index contributed by atoms with van der Waals surface area (Å²) in [5, 5.41) is 10.3. The third-order valence-electron chi connectivity index (χ3n) is 14.2. The number of fused-ring (bicyclic) bond motifs is 4. The number of nitrogen functional groups attached to an aromatic ring is 2. The normalized spacial score (nSPS) is 14.5. The van der Waals surface area contributed by atoms with Crippen molar-refractivity contribution in [1.82, 2.24) is 58.6 Å². The molecule has 0 saturated heterocycles. The van der Waals surface area contributed by atoms with Crippen LogP contribution in [-0.4, -0.2) is 72.8 Å². The lowest BCUT2D eigenvalue weighted by Crippen LogP contribution is -2.35. The number of aromatic nitrogens is 12.